The van der Waals surface area contributed by atoms with E-state index >= 15 is 0 Å². The number of piperazine rings is 1. The summed E-state index contributed by atoms with van der Waals surface area (Å²) in [4.78, 5) is 30.8. The van der Waals surface area contributed by atoms with Gasteiger partial charge in [-0.25, -0.2) is 0 Å². The van der Waals surface area contributed by atoms with Crippen LogP contribution in [0.1, 0.15) is 22.8 Å². The van der Waals surface area contributed by atoms with Crippen molar-refractivity contribution in [3.05, 3.63) is 59.7 Å². The van der Waals surface area contributed by atoms with E-state index in [4.69, 9.17) is 0 Å². The Balaban J connectivity index is 1.23. The largest absolute Gasteiger partial charge is 0.369 e. The van der Waals surface area contributed by atoms with Crippen LogP contribution in [-0.2, 0) is 11.2 Å². The van der Waals surface area contributed by atoms with Gasteiger partial charge in [0.05, 0.1) is 0 Å². The predicted octanol–water partition coefficient (Wildman–Crippen LogP) is 2.15. The van der Waals surface area contributed by atoms with Crippen molar-refractivity contribution in [2.75, 3.05) is 55.6 Å². The summed E-state index contributed by atoms with van der Waals surface area (Å²) in [7, 11) is 0. The molecule has 0 aromatic heterocycles. The smallest absolute Gasteiger partial charge is 0.251 e. The number of nitrogens with zero attached hydrogens (tertiary/aromatic N) is 3. The quantitative estimate of drug-likeness (QED) is 0.847. The second-order valence-corrected chi connectivity index (χ2v) is 7.68. The first-order valence-corrected chi connectivity index (χ1v) is 10.3. The lowest BCUT2D eigenvalue weighted by molar-refractivity contribution is -0.116. The van der Waals surface area contributed by atoms with Crippen LogP contribution < -0.4 is 15.1 Å². The van der Waals surface area contributed by atoms with Gasteiger partial charge in [0.1, 0.15) is 0 Å². The number of para-hydroxylation sites is 1. The average molecular weight is 393 g/mol. The highest BCUT2D eigenvalue weighted by Gasteiger charge is 2.23. The van der Waals surface area contributed by atoms with Crippen LogP contribution in [0.25, 0.3) is 0 Å². The normalized spacial score (nSPS) is 16.6. The van der Waals surface area contributed by atoms with Gasteiger partial charge in [-0.2, -0.15) is 0 Å². The lowest BCUT2D eigenvalue weighted by Crippen LogP contribution is -2.48. The maximum absolute atomic E-state index is 12.5. The van der Waals surface area contributed by atoms with Gasteiger partial charge in [-0.3, -0.25) is 14.5 Å². The van der Waals surface area contributed by atoms with E-state index in [1.807, 2.05) is 24.3 Å². The van der Waals surface area contributed by atoms with Gasteiger partial charge in [-0.05, 0) is 42.3 Å². The number of carbonyl (C=O) groups is 2. The zero-order valence-electron chi connectivity index (χ0n) is 16.9. The van der Waals surface area contributed by atoms with Gasteiger partial charge in [0, 0.05) is 69.7 Å². The molecule has 29 heavy (non-hydrogen) atoms. The van der Waals surface area contributed by atoms with Gasteiger partial charge in [-0.15, -0.1) is 0 Å². The van der Waals surface area contributed by atoms with Crippen LogP contribution in [0.5, 0.6) is 0 Å². The fourth-order valence-corrected chi connectivity index (χ4v) is 4.17. The lowest BCUT2D eigenvalue weighted by Gasteiger charge is -2.36. The molecule has 6 heteroatoms. The third kappa shape index (κ3) is 4.43. The highest BCUT2D eigenvalue weighted by atomic mass is 16.2. The molecule has 0 atom stereocenters. The summed E-state index contributed by atoms with van der Waals surface area (Å²) < 4.78 is 0. The Hall–Kier alpha value is -2.86. The van der Waals surface area contributed by atoms with Crippen LogP contribution in [0, 0.1) is 0 Å². The van der Waals surface area contributed by atoms with Crippen molar-refractivity contribution in [3.63, 3.8) is 0 Å². The van der Waals surface area contributed by atoms with Crippen molar-refractivity contribution < 1.29 is 9.59 Å². The predicted molar refractivity (Wildman–Crippen MR) is 116 cm³/mol. The minimum absolute atomic E-state index is 0.0444. The molecule has 1 fully saturated rings. The molecule has 2 heterocycles. The van der Waals surface area contributed by atoms with E-state index in [9.17, 15) is 9.59 Å². The van der Waals surface area contributed by atoms with Crippen molar-refractivity contribution >= 4 is 23.2 Å². The van der Waals surface area contributed by atoms with Gasteiger partial charge in [0.15, 0.2) is 0 Å². The number of hydrogen-bond acceptors (Lipinski definition) is 4. The summed E-state index contributed by atoms with van der Waals surface area (Å²) >= 11 is 0. The van der Waals surface area contributed by atoms with E-state index in [1.165, 1.54) is 5.69 Å². The van der Waals surface area contributed by atoms with E-state index in [-0.39, 0.29) is 11.8 Å². The van der Waals surface area contributed by atoms with E-state index in [0.717, 1.165) is 50.4 Å². The molecular weight excluding hydrogens is 364 g/mol. The van der Waals surface area contributed by atoms with Crippen LogP contribution in [0.15, 0.2) is 48.5 Å². The van der Waals surface area contributed by atoms with Crippen LogP contribution in [0.2, 0.25) is 0 Å². The third-order valence-electron chi connectivity index (χ3n) is 5.82. The highest BCUT2D eigenvalue weighted by molar-refractivity contribution is 5.97. The number of amides is 2. The van der Waals surface area contributed by atoms with Crippen molar-refractivity contribution in [1.82, 2.24) is 10.2 Å². The fourth-order valence-electron chi connectivity index (χ4n) is 4.17. The van der Waals surface area contributed by atoms with Crippen LogP contribution in [-0.4, -0.2) is 62.5 Å². The standard InChI is InChI=1S/C23H28N4O2/c1-18(28)27-11-9-19-17-20(7-8-22(19)27)23(29)24-10-12-25-13-15-26(16-14-25)21-5-3-2-4-6-21/h2-8,17H,9-16H2,1H3,(H,24,29). The first kappa shape index (κ1) is 19.5. The van der Waals surface area contributed by atoms with Crippen LogP contribution in [0.4, 0.5) is 11.4 Å². The van der Waals surface area contributed by atoms with Crippen molar-refractivity contribution in [2.24, 2.45) is 0 Å². The Kier molecular flexibility index (Phi) is 5.81. The number of fused-ring (bicyclic) bond motifs is 1. The molecule has 2 aliphatic rings. The Bertz CT molecular complexity index is 876. The Morgan fingerprint density at radius 3 is 2.45 bits per heavy atom. The molecule has 1 N–H and O–H groups in total. The molecule has 4 rings (SSSR count). The van der Waals surface area contributed by atoms with Gasteiger partial charge in [-0.1, -0.05) is 18.2 Å². The Morgan fingerprint density at radius 2 is 1.72 bits per heavy atom. The zero-order valence-corrected chi connectivity index (χ0v) is 16.9. The van der Waals surface area contributed by atoms with Crippen LogP contribution >= 0.6 is 0 Å². The summed E-state index contributed by atoms with van der Waals surface area (Å²) in [5.74, 6) is 0.00492. The highest BCUT2D eigenvalue weighted by Crippen LogP contribution is 2.28. The number of carbonyl (C=O) groups excluding carboxylic acids is 2. The summed E-state index contributed by atoms with van der Waals surface area (Å²) in [5, 5.41) is 3.04. The molecular formula is C23H28N4O2. The van der Waals surface area contributed by atoms with E-state index < -0.39 is 0 Å². The molecule has 1 saturated heterocycles. The minimum atomic E-state index is -0.0444. The number of hydrogen-bond donors (Lipinski definition) is 1. The van der Waals surface area contributed by atoms with E-state index in [0.29, 0.717) is 18.7 Å². The lowest BCUT2D eigenvalue weighted by atomic mass is 10.1. The fraction of sp³-hybridized carbons (Fsp3) is 0.391. The number of rotatable bonds is 5. The second kappa shape index (κ2) is 8.66. The summed E-state index contributed by atoms with van der Waals surface area (Å²) in [5.41, 5.74) is 3.96. The SMILES string of the molecule is CC(=O)N1CCc2cc(C(=O)NCCN3CCN(c4ccccc4)CC3)ccc21. The van der Waals surface area contributed by atoms with Crippen molar-refractivity contribution in [1.29, 1.82) is 0 Å². The zero-order chi connectivity index (χ0) is 20.2. The van der Waals surface area contributed by atoms with E-state index in [1.54, 1.807) is 11.8 Å². The molecule has 2 aliphatic heterocycles. The Labute approximate surface area is 172 Å². The molecule has 0 saturated carbocycles. The maximum Gasteiger partial charge on any atom is 0.251 e. The minimum Gasteiger partial charge on any atom is -0.369 e. The maximum atomic E-state index is 12.5. The van der Waals surface area contributed by atoms with Gasteiger partial charge in [0.2, 0.25) is 5.91 Å². The Morgan fingerprint density at radius 1 is 0.966 bits per heavy atom. The molecule has 0 aliphatic carbocycles. The molecule has 2 aromatic rings. The molecule has 0 radical (unpaired) electrons. The second-order valence-electron chi connectivity index (χ2n) is 7.68. The monoisotopic (exact) mass is 392 g/mol. The van der Waals surface area contributed by atoms with Crippen molar-refractivity contribution in [2.45, 2.75) is 13.3 Å². The number of benzene rings is 2. The summed E-state index contributed by atoms with van der Waals surface area (Å²) in [6.45, 7) is 7.80. The molecule has 0 spiro atoms. The molecule has 0 bridgehead atoms. The third-order valence-corrected chi connectivity index (χ3v) is 5.82. The van der Waals surface area contributed by atoms with Crippen LogP contribution in [0.3, 0.4) is 0 Å². The van der Waals surface area contributed by atoms with Gasteiger partial charge in [0.25, 0.3) is 5.91 Å². The molecule has 2 amide bonds. The van der Waals surface area contributed by atoms with Crippen molar-refractivity contribution in [3.8, 4) is 0 Å². The molecule has 2 aromatic carbocycles. The number of nitrogens with one attached hydrogen (secondary N) is 1. The van der Waals surface area contributed by atoms with Gasteiger partial charge < -0.3 is 15.1 Å². The first-order chi connectivity index (χ1) is 14.1. The summed E-state index contributed by atoms with van der Waals surface area (Å²) in [6.07, 6.45) is 0.807. The van der Waals surface area contributed by atoms with Gasteiger partial charge >= 0.3 is 0 Å². The molecule has 0 unspecified atom stereocenters. The first-order valence-electron chi connectivity index (χ1n) is 10.3. The van der Waals surface area contributed by atoms with E-state index in [2.05, 4.69) is 39.4 Å². The topological polar surface area (TPSA) is 55.9 Å². The number of anilines is 2. The average Bonchev–Trinajstić information content (AvgIpc) is 3.18. The summed E-state index contributed by atoms with van der Waals surface area (Å²) in [6, 6.07) is 16.1. The molecule has 152 valence electrons. The molecule has 6 nitrogen and oxygen atoms in total.